The van der Waals surface area contributed by atoms with Gasteiger partial charge in [0.1, 0.15) is 11.9 Å². The van der Waals surface area contributed by atoms with E-state index in [1.807, 2.05) is 0 Å². The van der Waals surface area contributed by atoms with E-state index < -0.39 is 4.92 Å². The van der Waals surface area contributed by atoms with Crippen molar-refractivity contribution in [2.24, 2.45) is 0 Å². The molecule has 1 fully saturated rings. The van der Waals surface area contributed by atoms with Crippen LogP contribution in [0.3, 0.4) is 0 Å². The Bertz CT molecular complexity index is 470. The van der Waals surface area contributed by atoms with Crippen LogP contribution in [0.15, 0.2) is 18.2 Å². The number of ketones is 1. The molecule has 1 atom stereocenters. The average molecular weight is 235 g/mol. The number of aryl methyl sites for hydroxylation is 1. The van der Waals surface area contributed by atoms with E-state index in [-0.39, 0.29) is 23.3 Å². The molecule has 0 saturated heterocycles. The van der Waals surface area contributed by atoms with E-state index in [9.17, 15) is 14.9 Å². The van der Waals surface area contributed by atoms with Crippen LogP contribution in [0.1, 0.15) is 24.8 Å². The summed E-state index contributed by atoms with van der Waals surface area (Å²) in [5.41, 5.74) is 0.683. The van der Waals surface area contributed by atoms with Crippen LogP contribution in [0, 0.1) is 17.0 Å². The summed E-state index contributed by atoms with van der Waals surface area (Å²) in [7, 11) is 0. The van der Waals surface area contributed by atoms with E-state index in [1.54, 1.807) is 19.1 Å². The Kier molecular flexibility index (Phi) is 3.08. The number of nitrogens with zero attached hydrogens (tertiary/aromatic N) is 1. The van der Waals surface area contributed by atoms with E-state index in [1.165, 1.54) is 6.07 Å². The van der Waals surface area contributed by atoms with Crippen molar-refractivity contribution in [3.8, 4) is 5.75 Å². The predicted molar refractivity (Wildman–Crippen MR) is 61.1 cm³/mol. The third-order valence-corrected chi connectivity index (χ3v) is 2.87. The first-order valence-corrected chi connectivity index (χ1v) is 5.50. The summed E-state index contributed by atoms with van der Waals surface area (Å²) in [5, 5.41) is 10.9. The zero-order valence-electron chi connectivity index (χ0n) is 9.51. The molecule has 0 spiro atoms. The molecule has 0 aliphatic heterocycles. The van der Waals surface area contributed by atoms with Crippen molar-refractivity contribution in [3.63, 3.8) is 0 Å². The molecule has 1 saturated carbocycles. The fourth-order valence-electron chi connectivity index (χ4n) is 1.98. The van der Waals surface area contributed by atoms with Gasteiger partial charge < -0.3 is 4.74 Å². The van der Waals surface area contributed by atoms with Crippen LogP contribution in [0.25, 0.3) is 0 Å². The molecule has 0 aromatic heterocycles. The number of rotatable bonds is 3. The van der Waals surface area contributed by atoms with Crippen molar-refractivity contribution in [2.75, 3.05) is 0 Å². The van der Waals surface area contributed by atoms with Crippen molar-refractivity contribution < 1.29 is 14.5 Å². The van der Waals surface area contributed by atoms with Gasteiger partial charge in [-0.1, -0.05) is 12.1 Å². The summed E-state index contributed by atoms with van der Waals surface area (Å²) in [5.74, 6) is 0.448. The molecule has 1 aromatic carbocycles. The Morgan fingerprint density at radius 2 is 2.24 bits per heavy atom. The number of nitro benzene ring substituents is 1. The molecule has 0 radical (unpaired) electrons. The monoisotopic (exact) mass is 235 g/mol. The molecular weight excluding hydrogens is 222 g/mol. The van der Waals surface area contributed by atoms with Crippen molar-refractivity contribution in [3.05, 3.63) is 33.9 Å². The smallest absolute Gasteiger partial charge is 0.311 e. The summed E-state index contributed by atoms with van der Waals surface area (Å²) in [6.45, 7) is 1.76. The van der Waals surface area contributed by atoms with Crippen LogP contribution in [0.4, 0.5) is 5.69 Å². The van der Waals surface area contributed by atoms with Crippen LogP contribution in [-0.2, 0) is 4.79 Å². The highest BCUT2D eigenvalue weighted by Crippen LogP contribution is 2.33. The number of carbonyl (C=O) groups is 1. The second-order valence-corrected chi connectivity index (χ2v) is 4.20. The van der Waals surface area contributed by atoms with Crippen molar-refractivity contribution in [2.45, 2.75) is 32.3 Å². The molecule has 1 aromatic rings. The zero-order chi connectivity index (χ0) is 12.4. The molecule has 17 heavy (non-hydrogen) atoms. The number of nitro groups is 1. The van der Waals surface area contributed by atoms with Gasteiger partial charge in [0.15, 0.2) is 5.75 Å². The fourth-order valence-corrected chi connectivity index (χ4v) is 1.98. The lowest BCUT2D eigenvalue weighted by Crippen LogP contribution is -2.14. The maximum absolute atomic E-state index is 11.1. The van der Waals surface area contributed by atoms with Crippen LogP contribution in [0.5, 0.6) is 5.75 Å². The van der Waals surface area contributed by atoms with Crippen LogP contribution < -0.4 is 4.74 Å². The third-order valence-electron chi connectivity index (χ3n) is 2.87. The lowest BCUT2D eigenvalue weighted by molar-refractivity contribution is -0.386. The number of Topliss-reactive ketones (excluding diaryl/α,β-unsaturated/α-hetero) is 1. The van der Waals surface area contributed by atoms with Crippen molar-refractivity contribution in [1.82, 2.24) is 0 Å². The fraction of sp³-hybridized carbons (Fsp3) is 0.417. The highest BCUT2D eigenvalue weighted by atomic mass is 16.6. The zero-order valence-corrected chi connectivity index (χ0v) is 9.51. The molecular formula is C12H13NO4. The number of benzene rings is 1. The third kappa shape index (κ3) is 2.43. The van der Waals surface area contributed by atoms with Gasteiger partial charge in [0.2, 0.25) is 0 Å². The largest absolute Gasteiger partial charge is 0.483 e. The van der Waals surface area contributed by atoms with E-state index in [2.05, 4.69) is 0 Å². The van der Waals surface area contributed by atoms with E-state index in [0.717, 1.165) is 5.56 Å². The molecule has 1 unspecified atom stereocenters. The van der Waals surface area contributed by atoms with E-state index in [4.69, 9.17) is 4.74 Å². The average Bonchev–Trinajstić information content (AvgIpc) is 2.67. The lowest BCUT2D eigenvalue weighted by Gasteiger charge is -2.14. The Labute approximate surface area is 98.5 Å². The summed E-state index contributed by atoms with van der Waals surface area (Å²) in [6, 6.07) is 4.80. The molecule has 90 valence electrons. The highest BCUT2D eigenvalue weighted by Gasteiger charge is 2.27. The molecule has 0 bridgehead atoms. The highest BCUT2D eigenvalue weighted by molar-refractivity contribution is 5.81. The number of hydrogen-bond donors (Lipinski definition) is 0. The molecule has 2 rings (SSSR count). The van der Waals surface area contributed by atoms with E-state index in [0.29, 0.717) is 19.3 Å². The van der Waals surface area contributed by atoms with Gasteiger partial charge in [0, 0.05) is 18.9 Å². The van der Waals surface area contributed by atoms with Gasteiger partial charge in [-0.05, 0) is 18.9 Å². The van der Waals surface area contributed by atoms with Crippen LogP contribution >= 0.6 is 0 Å². The first-order chi connectivity index (χ1) is 8.08. The quantitative estimate of drug-likeness (QED) is 0.595. The number of para-hydroxylation sites is 1. The SMILES string of the molecule is Cc1cccc([N+](=O)[O-])c1OC1CCC(=O)C1. The van der Waals surface area contributed by atoms with Gasteiger partial charge in [-0.15, -0.1) is 0 Å². The van der Waals surface area contributed by atoms with Gasteiger partial charge in [-0.2, -0.15) is 0 Å². The van der Waals surface area contributed by atoms with Gasteiger partial charge in [-0.25, -0.2) is 0 Å². The molecule has 5 heteroatoms. The minimum Gasteiger partial charge on any atom is -0.483 e. The van der Waals surface area contributed by atoms with E-state index >= 15 is 0 Å². The lowest BCUT2D eigenvalue weighted by atomic mass is 10.2. The molecule has 0 heterocycles. The number of carbonyl (C=O) groups excluding carboxylic acids is 1. The van der Waals surface area contributed by atoms with Crippen LogP contribution in [0.2, 0.25) is 0 Å². The Morgan fingerprint density at radius 1 is 1.47 bits per heavy atom. The molecule has 1 aliphatic carbocycles. The van der Waals surface area contributed by atoms with Gasteiger partial charge in [-0.3, -0.25) is 14.9 Å². The summed E-state index contributed by atoms with van der Waals surface area (Å²) < 4.78 is 5.61. The van der Waals surface area contributed by atoms with Crippen LogP contribution in [-0.4, -0.2) is 16.8 Å². The molecule has 0 amide bonds. The standard InChI is InChI=1S/C12H13NO4/c1-8-3-2-4-11(13(15)16)12(8)17-10-6-5-9(14)7-10/h2-4,10H,5-7H2,1H3. The Balaban J connectivity index is 2.25. The van der Waals surface area contributed by atoms with Gasteiger partial charge in [0.25, 0.3) is 0 Å². The second kappa shape index (κ2) is 4.53. The summed E-state index contributed by atoms with van der Waals surface area (Å²) in [4.78, 5) is 21.5. The van der Waals surface area contributed by atoms with Crippen molar-refractivity contribution in [1.29, 1.82) is 0 Å². The minimum absolute atomic E-state index is 0.0376. The summed E-state index contributed by atoms with van der Waals surface area (Å²) in [6.07, 6.45) is 1.28. The maximum Gasteiger partial charge on any atom is 0.311 e. The normalized spacial score (nSPS) is 19.4. The topological polar surface area (TPSA) is 69.4 Å². The second-order valence-electron chi connectivity index (χ2n) is 4.20. The molecule has 5 nitrogen and oxygen atoms in total. The molecule has 1 aliphatic rings. The first-order valence-electron chi connectivity index (χ1n) is 5.50. The van der Waals surface area contributed by atoms with Gasteiger partial charge >= 0.3 is 5.69 Å². The van der Waals surface area contributed by atoms with Crippen molar-refractivity contribution >= 4 is 11.5 Å². The predicted octanol–water partition coefficient (Wildman–Crippen LogP) is 2.40. The number of hydrogen-bond acceptors (Lipinski definition) is 4. The maximum atomic E-state index is 11.1. The molecule has 0 N–H and O–H groups in total. The Hall–Kier alpha value is -1.91. The van der Waals surface area contributed by atoms with Gasteiger partial charge in [0.05, 0.1) is 4.92 Å². The first kappa shape index (κ1) is 11.6. The summed E-state index contributed by atoms with van der Waals surface area (Å²) >= 11 is 0. The Morgan fingerprint density at radius 3 is 2.82 bits per heavy atom. The minimum atomic E-state index is -0.459. The number of ether oxygens (including phenoxy) is 1.